The lowest BCUT2D eigenvalue weighted by atomic mass is 10.1. The molecule has 30 heavy (non-hydrogen) atoms. The van der Waals surface area contributed by atoms with E-state index in [0.29, 0.717) is 25.3 Å². The number of anilines is 1. The second kappa shape index (κ2) is 8.89. The summed E-state index contributed by atoms with van der Waals surface area (Å²) in [6.07, 6.45) is 7.75. The molecule has 3 aromatic rings. The largest absolute Gasteiger partial charge is 0.371 e. The normalized spacial score (nSPS) is 15.9. The molecule has 1 unspecified atom stereocenters. The van der Waals surface area contributed by atoms with Crippen molar-refractivity contribution in [2.45, 2.75) is 13.0 Å². The van der Waals surface area contributed by atoms with Crippen molar-refractivity contribution in [1.82, 2.24) is 25.2 Å². The molecule has 7 nitrogen and oxygen atoms in total. The number of rotatable bonds is 6. The van der Waals surface area contributed by atoms with Gasteiger partial charge in [-0.05, 0) is 36.1 Å². The van der Waals surface area contributed by atoms with Gasteiger partial charge in [0, 0.05) is 56.5 Å². The topological polar surface area (TPSA) is 75.1 Å². The number of nitrogens with one attached hydrogen (secondary N) is 2. The van der Waals surface area contributed by atoms with E-state index in [1.165, 1.54) is 6.07 Å². The minimum atomic E-state index is -0.848. The molecule has 3 heterocycles. The number of urea groups is 1. The Kier molecular flexibility index (Phi) is 5.87. The average molecular weight is 412 g/mol. The van der Waals surface area contributed by atoms with Crippen LogP contribution in [0, 0.1) is 17.6 Å². The van der Waals surface area contributed by atoms with Crippen molar-refractivity contribution in [3.05, 3.63) is 72.4 Å². The van der Waals surface area contributed by atoms with E-state index in [4.69, 9.17) is 0 Å². The molecule has 0 aliphatic carbocycles. The summed E-state index contributed by atoms with van der Waals surface area (Å²) in [5, 5.41) is 5.70. The molecule has 0 bridgehead atoms. The summed E-state index contributed by atoms with van der Waals surface area (Å²) in [7, 11) is 0. The van der Waals surface area contributed by atoms with Gasteiger partial charge in [-0.15, -0.1) is 0 Å². The van der Waals surface area contributed by atoms with Crippen molar-refractivity contribution in [1.29, 1.82) is 0 Å². The van der Waals surface area contributed by atoms with Crippen molar-refractivity contribution in [3.8, 4) is 5.82 Å². The van der Waals surface area contributed by atoms with Gasteiger partial charge < -0.3 is 15.5 Å². The lowest BCUT2D eigenvalue weighted by Crippen LogP contribution is -2.38. The smallest absolute Gasteiger partial charge is 0.315 e. The van der Waals surface area contributed by atoms with Crippen molar-refractivity contribution >= 4 is 11.7 Å². The van der Waals surface area contributed by atoms with E-state index in [1.807, 2.05) is 23.2 Å². The van der Waals surface area contributed by atoms with Crippen molar-refractivity contribution < 1.29 is 13.6 Å². The van der Waals surface area contributed by atoms with Crippen LogP contribution in [0.4, 0.5) is 19.3 Å². The van der Waals surface area contributed by atoms with Crippen LogP contribution in [0.15, 0.2) is 55.2 Å². The number of halogens is 2. The lowest BCUT2D eigenvalue weighted by molar-refractivity contribution is 0.239. The van der Waals surface area contributed by atoms with Crippen LogP contribution in [0.2, 0.25) is 0 Å². The Bertz CT molecular complexity index is 993. The number of pyridine rings is 1. The first-order chi connectivity index (χ1) is 14.6. The van der Waals surface area contributed by atoms with Crippen LogP contribution in [0.1, 0.15) is 12.0 Å². The summed E-state index contributed by atoms with van der Waals surface area (Å²) >= 11 is 0. The maximum Gasteiger partial charge on any atom is 0.315 e. The molecule has 2 amide bonds. The number of aromatic nitrogens is 3. The molecule has 1 saturated heterocycles. The first kappa shape index (κ1) is 19.8. The van der Waals surface area contributed by atoms with Crippen molar-refractivity contribution in [2.24, 2.45) is 5.92 Å². The zero-order chi connectivity index (χ0) is 20.9. The summed E-state index contributed by atoms with van der Waals surface area (Å²) in [6, 6.07) is 7.44. The summed E-state index contributed by atoms with van der Waals surface area (Å²) in [6.45, 7) is 2.32. The first-order valence-corrected chi connectivity index (χ1v) is 9.73. The summed E-state index contributed by atoms with van der Waals surface area (Å²) in [5.41, 5.74) is 1.55. The Morgan fingerprint density at radius 3 is 2.80 bits per heavy atom. The molecule has 4 rings (SSSR count). The molecule has 1 aliphatic rings. The first-order valence-electron chi connectivity index (χ1n) is 9.73. The third-order valence-corrected chi connectivity index (χ3v) is 5.14. The van der Waals surface area contributed by atoms with Gasteiger partial charge in [0.05, 0.1) is 0 Å². The Morgan fingerprint density at radius 1 is 1.17 bits per heavy atom. The summed E-state index contributed by atoms with van der Waals surface area (Å²) in [5.74, 6) is -0.687. The Morgan fingerprint density at radius 2 is 2.07 bits per heavy atom. The number of carbonyl (C=O) groups excluding carboxylic acids is 1. The lowest BCUT2D eigenvalue weighted by Gasteiger charge is -2.19. The molecule has 1 atom stereocenters. The zero-order valence-corrected chi connectivity index (χ0v) is 16.3. The number of imidazole rings is 1. The van der Waals surface area contributed by atoms with Gasteiger partial charge in [0.1, 0.15) is 12.1 Å². The van der Waals surface area contributed by atoms with E-state index in [1.54, 1.807) is 29.4 Å². The Balaban J connectivity index is 1.20. The third kappa shape index (κ3) is 4.73. The van der Waals surface area contributed by atoms with Crippen LogP contribution in [-0.2, 0) is 6.54 Å². The molecule has 2 aromatic heterocycles. The van der Waals surface area contributed by atoms with Gasteiger partial charge in [-0.25, -0.2) is 23.5 Å². The minimum absolute atomic E-state index is 0.250. The minimum Gasteiger partial charge on any atom is -0.371 e. The van der Waals surface area contributed by atoms with Gasteiger partial charge in [0.25, 0.3) is 0 Å². The molecule has 0 radical (unpaired) electrons. The van der Waals surface area contributed by atoms with Crippen LogP contribution in [0.3, 0.4) is 0 Å². The number of hydrogen-bond donors (Lipinski definition) is 2. The second-order valence-corrected chi connectivity index (χ2v) is 7.26. The monoisotopic (exact) mass is 412 g/mol. The molecular weight excluding hydrogens is 390 g/mol. The molecule has 2 N–H and O–H groups in total. The van der Waals surface area contributed by atoms with Gasteiger partial charge >= 0.3 is 6.03 Å². The Labute approximate surface area is 172 Å². The average Bonchev–Trinajstić information content (AvgIpc) is 3.45. The fraction of sp³-hybridized carbons (Fsp3) is 0.286. The highest BCUT2D eigenvalue weighted by atomic mass is 19.2. The standard InChI is InChI=1S/C21H22F2N6O/c22-18-3-2-17(9-19(18)23)28-7-5-16(13-28)12-27-21(30)26-11-15-1-4-20(25-10-15)29-8-6-24-14-29/h1-4,6,8-10,14,16H,5,7,11-13H2,(H2,26,27,30). The number of hydrogen-bond acceptors (Lipinski definition) is 4. The van der Waals surface area contributed by atoms with Crippen LogP contribution < -0.4 is 15.5 Å². The van der Waals surface area contributed by atoms with E-state index in [0.717, 1.165) is 30.4 Å². The maximum absolute atomic E-state index is 13.4. The molecule has 1 aliphatic heterocycles. The van der Waals surface area contributed by atoms with Gasteiger partial charge in [-0.2, -0.15) is 0 Å². The van der Waals surface area contributed by atoms with Crippen molar-refractivity contribution in [3.63, 3.8) is 0 Å². The predicted octanol–water partition coefficient (Wildman–Crippen LogP) is 2.87. The molecule has 0 spiro atoms. The van der Waals surface area contributed by atoms with Crippen LogP contribution in [0.25, 0.3) is 5.82 Å². The number of nitrogens with zero attached hydrogens (tertiary/aromatic N) is 4. The highest BCUT2D eigenvalue weighted by molar-refractivity contribution is 5.73. The van der Waals surface area contributed by atoms with Gasteiger partial charge in [-0.3, -0.25) is 4.57 Å². The third-order valence-electron chi connectivity index (χ3n) is 5.14. The SMILES string of the molecule is O=C(NCc1ccc(-n2ccnc2)nc1)NCC1CCN(c2ccc(F)c(F)c2)C1. The summed E-state index contributed by atoms with van der Waals surface area (Å²) < 4.78 is 28.3. The number of benzene rings is 1. The quantitative estimate of drug-likeness (QED) is 0.653. The van der Waals surface area contributed by atoms with E-state index in [2.05, 4.69) is 20.6 Å². The highest BCUT2D eigenvalue weighted by Gasteiger charge is 2.23. The fourth-order valence-electron chi connectivity index (χ4n) is 3.47. The van der Waals surface area contributed by atoms with E-state index >= 15 is 0 Å². The van der Waals surface area contributed by atoms with E-state index in [-0.39, 0.29) is 11.9 Å². The number of carbonyl (C=O) groups is 1. The van der Waals surface area contributed by atoms with Gasteiger partial charge in [0.15, 0.2) is 11.6 Å². The predicted molar refractivity (Wildman–Crippen MR) is 108 cm³/mol. The molecular formula is C21H22F2N6O. The van der Waals surface area contributed by atoms with Crippen LogP contribution >= 0.6 is 0 Å². The molecule has 1 aromatic carbocycles. The van der Waals surface area contributed by atoms with E-state index < -0.39 is 11.6 Å². The Hall–Kier alpha value is -3.49. The highest BCUT2D eigenvalue weighted by Crippen LogP contribution is 2.25. The van der Waals surface area contributed by atoms with Crippen LogP contribution in [0.5, 0.6) is 0 Å². The summed E-state index contributed by atoms with van der Waals surface area (Å²) in [4.78, 5) is 22.4. The second-order valence-electron chi connectivity index (χ2n) is 7.26. The van der Waals surface area contributed by atoms with Gasteiger partial charge in [0.2, 0.25) is 0 Å². The van der Waals surface area contributed by atoms with Crippen LogP contribution in [-0.4, -0.2) is 40.2 Å². The van der Waals surface area contributed by atoms with Crippen molar-refractivity contribution in [2.75, 3.05) is 24.5 Å². The zero-order valence-electron chi connectivity index (χ0n) is 16.3. The maximum atomic E-state index is 13.4. The molecule has 0 saturated carbocycles. The molecule has 1 fully saturated rings. The molecule has 9 heteroatoms. The van der Waals surface area contributed by atoms with E-state index in [9.17, 15) is 13.6 Å². The fourth-order valence-corrected chi connectivity index (χ4v) is 3.47. The number of amides is 2. The molecule has 156 valence electrons. The van der Waals surface area contributed by atoms with Gasteiger partial charge in [-0.1, -0.05) is 6.07 Å².